The first kappa shape index (κ1) is 24.0. The van der Waals surface area contributed by atoms with E-state index in [1.807, 2.05) is 13.0 Å². The molecule has 4 rings (SSSR count). The van der Waals surface area contributed by atoms with Gasteiger partial charge >= 0.3 is 5.97 Å². The molecule has 4 aliphatic rings. The maximum absolute atomic E-state index is 12.3. The Bertz CT molecular complexity index is 771. The predicted octanol–water partition coefficient (Wildman–Crippen LogP) is 5.72. The van der Waals surface area contributed by atoms with Crippen LogP contribution in [0.2, 0.25) is 0 Å². The molecule has 9 atom stereocenters. The maximum Gasteiger partial charge on any atom is 0.305 e. The first-order valence-electron chi connectivity index (χ1n) is 13.3. The number of hydrogen-bond acceptors (Lipinski definition) is 4. The summed E-state index contributed by atoms with van der Waals surface area (Å²) in [4.78, 5) is 24.2. The van der Waals surface area contributed by atoms with Crippen LogP contribution in [-0.4, -0.2) is 29.6 Å². The molecule has 0 spiro atoms. The topological polar surface area (TPSA) is 63.6 Å². The van der Waals surface area contributed by atoms with E-state index >= 15 is 0 Å². The zero-order valence-corrected chi connectivity index (χ0v) is 20.9. The van der Waals surface area contributed by atoms with E-state index in [2.05, 4.69) is 27.7 Å². The third-order valence-electron chi connectivity index (χ3n) is 10.5. The summed E-state index contributed by atoms with van der Waals surface area (Å²) in [7, 11) is 0. The average molecular weight is 445 g/mol. The van der Waals surface area contributed by atoms with Crippen LogP contribution in [0.3, 0.4) is 0 Å². The van der Waals surface area contributed by atoms with Crippen molar-refractivity contribution in [3.8, 4) is 0 Å². The van der Waals surface area contributed by atoms with Gasteiger partial charge in [-0.05, 0) is 98.4 Å². The van der Waals surface area contributed by atoms with Gasteiger partial charge in [-0.1, -0.05) is 33.3 Å². The molecule has 0 amide bonds. The molecule has 0 aromatic rings. The first-order valence-corrected chi connectivity index (χ1v) is 13.3. The molecular formula is C28H44O4. The Morgan fingerprint density at radius 2 is 1.94 bits per heavy atom. The quantitative estimate of drug-likeness (QED) is 0.532. The molecule has 180 valence electrons. The minimum Gasteiger partial charge on any atom is -0.466 e. The van der Waals surface area contributed by atoms with Crippen LogP contribution in [0.1, 0.15) is 92.4 Å². The summed E-state index contributed by atoms with van der Waals surface area (Å²) < 4.78 is 5.16. The number of fused-ring (bicyclic) bond motifs is 5. The lowest BCUT2D eigenvalue weighted by atomic mass is 9.43. The molecular weight excluding hydrogens is 400 g/mol. The van der Waals surface area contributed by atoms with Gasteiger partial charge in [0.2, 0.25) is 0 Å². The molecule has 1 N–H and O–H groups in total. The van der Waals surface area contributed by atoms with E-state index in [0.717, 1.165) is 25.7 Å². The Labute approximate surface area is 194 Å². The van der Waals surface area contributed by atoms with E-state index in [-0.39, 0.29) is 34.6 Å². The van der Waals surface area contributed by atoms with Gasteiger partial charge in [-0.25, -0.2) is 0 Å². The molecule has 0 saturated heterocycles. The number of carbonyl (C=O) groups is 2. The van der Waals surface area contributed by atoms with Crippen molar-refractivity contribution in [2.75, 3.05) is 6.61 Å². The number of esters is 1. The van der Waals surface area contributed by atoms with Gasteiger partial charge in [0.05, 0.1) is 12.7 Å². The van der Waals surface area contributed by atoms with Crippen molar-refractivity contribution >= 4 is 11.8 Å². The smallest absolute Gasteiger partial charge is 0.305 e. The molecule has 0 aromatic heterocycles. The van der Waals surface area contributed by atoms with E-state index in [1.165, 1.54) is 24.8 Å². The third kappa shape index (κ3) is 3.69. The summed E-state index contributed by atoms with van der Waals surface area (Å²) in [6.45, 7) is 11.7. The van der Waals surface area contributed by atoms with Gasteiger partial charge in [0.25, 0.3) is 0 Å². The molecule has 3 fully saturated rings. The molecule has 32 heavy (non-hydrogen) atoms. The predicted molar refractivity (Wildman–Crippen MR) is 126 cm³/mol. The van der Waals surface area contributed by atoms with Gasteiger partial charge < -0.3 is 9.84 Å². The highest BCUT2D eigenvalue weighted by Gasteiger charge is 2.63. The van der Waals surface area contributed by atoms with Gasteiger partial charge in [0.15, 0.2) is 5.78 Å². The van der Waals surface area contributed by atoms with E-state index in [9.17, 15) is 14.7 Å². The van der Waals surface area contributed by atoms with Crippen LogP contribution < -0.4 is 0 Å². The van der Waals surface area contributed by atoms with Crippen LogP contribution in [0, 0.1) is 46.3 Å². The molecule has 0 aromatic carbocycles. The third-order valence-corrected chi connectivity index (χ3v) is 10.5. The second kappa shape index (κ2) is 8.89. The molecule has 4 heteroatoms. The summed E-state index contributed by atoms with van der Waals surface area (Å²) >= 11 is 0. The van der Waals surface area contributed by atoms with E-state index in [0.29, 0.717) is 49.0 Å². The lowest BCUT2D eigenvalue weighted by molar-refractivity contribution is -0.144. The Morgan fingerprint density at radius 1 is 1.19 bits per heavy atom. The van der Waals surface area contributed by atoms with E-state index in [4.69, 9.17) is 4.74 Å². The highest BCUT2D eigenvalue weighted by atomic mass is 16.5. The van der Waals surface area contributed by atoms with Crippen molar-refractivity contribution in [3.63, 3.8) is 0 Å². The van der Waals surface area contributed by atoms with Crippen LogP contribution in [0.25, 0.3) is 0 Å². The zero-order chi connectivity index (χ0) is 23.3. The van der Waals surface area contributed by atoms with Gasteiger partial charge in [-0.2, -0.15) is 0 Å². The van der Waals surface area contributed by atoms with Crippen molar-refractivity contribution in [3.05, 3.63) is 11.6 Å². The van der Waals surface area contributed by atoms with Crippen LogP contribution in [0.15, 0.2) is 11.6 Å². The van der Waals surface area contributed by atoms with Gasteiger partial charge in [0.1, 0.15) is 0 Å². The SMILES string of the molecule is CCOC(=O)CC[C@@H](C)[C@H]1CCC2C3C(CC[C@@]21C)[C@@]1(C)CCC(=O)C=C1C(CC)[C@H]3O. The zero-order valence-electron chi connectivity index (χ0n) is 20.9. The minimum absolute atomic E-state index is 0.0629. The Morgan fingerprint density at radius 3 is 2.62 bits per heavy atom. The van der Waals surface area contributed by atoms with E-state index in [1.54, 1.807) is 0 Å². The highest BCUT2D eigenvalue weighted by Crippen LogP contribution is 2.68. The van der Waals surface area contributed by atoms with Crippen LogP contribution in [-0.2, 0) is 14.3 Å². The van der Waals surface area contributed by atoms with Crippen LogP contribution in [0.5, 0.6) is 0 Å². The molecule has 4 aliphatic carbocycles. The van der Waals surface area contributed by atoms with Crippen molar-refractivity contribution in [2.45, 2.75) is 98.5 Å². The fraction of sp³-hybridized carbons (Fsp3) is 0.857. The summed E-state index contributed by atoms with van der Waals surface area (Å²) in [6.07, 6.45) is 10.2. The Balaban J connectivity index is 1.58. The van der Waals surface area contributed by atoms with Crippen molar-refractivity contribution < 1.29 is 19.4 Å². The van der Waals surface area contributed by atoms with Crippen LogP contribution >= 0.6 is 0 Å². The molecule has 4 unspecified atom stereocenters. The molecule has 0 bridgehead atoms. The van der Waals surface area contributed by atoms with Crippen LogP contribution in [0.4, 0.5) is 0 Å². The average Bonchev–Trinajstić information content (AvgIpc) is 3.11. The number of ether oxygens (including phenoxy) is 1. The first-order chi connectivity index (χ1) is 15.2. The Hall–Kier alpha value is -1.16. The molecule has 0 aliphatic heterocycles. The summed E-state index contributed by atoms with van der Waals surface area (Å²) in [5.41, 5.74) is 1.55. The fourth-order valence-corrected chi connectivity index (χ4v) is 8.95. The minimum atomic E-state index is -0.339. The number of carbonyl (C=O) groups excluding carboxylic acids is 2. The number of aliphatic hydroxyl groups is 1. The largest absolute Gasteiger partial charge is 0.466 e. The van der Waals surface area contributed by atoms with Gasteiger partial charge in [0, 0.05) is 18.8 Å². The molecule has 3 saturated carbocycles. The maximum atomic E-state index is 12.3. The lowest BCUT2D eigenvalue weighted by Crippen LogP contribution is -2.58. The summed E-state index contributed by atoms with van der Waals surface area (Å²) in [5, 5.41) is 11.7. The monoisotopic (exact) mass is 444 g/mol. The molecule has 0 heterocycles. The fourth-order valence-electron chi connectivity index (χ4n) is 8.95. The second-order valence-corrected chi connectivity index (χ2v) is 11.8. The standard InChI is InChI=1S/C28H44O4/c1-6-19-23-16-18(29)12-14-28(23,5)22-13-15-27(4)20(9-10-21(27)25(22)26(19)31)17(3)8-11-24(30)32-7-2/h16-17,19-22,25-26,31H,6-15H2,1-5H3/t17-,19?,20-,21?,22?,25?,26-,27-,28-/m1/s1. The van der Waals surface area contributed by atoms with E-state index < -0.39 is 0 Å². The van der Waals surface area contributed by atoms with Crippen molar-refractivity contribution in [1.82, 2.24) is 0 Å². The number of hydrogen-bond donors (Lipinski definition) is 1. The number of rotatable bonds is 6. The lowest BCUT2D eigenvalue weighted by Gasteiger charge is -2.62. The summed E-state index contributed by atoms with van der Waals surface area (Å²) in [6, 6.07) is 0. The van der Waals surface area contributed by atoms with Crippen molar-refractivity contribution in [2.24, 2.45) is 46.3 Å². The van der Waals surface area contributed by atoms with Crippen molar-refractivity contribution in [1.29, 1.82) is 0 Å². The number of ketones is 1. The molecule has 0 radical (unpaired) electrons. The highest BCUT2D eigenvalue weighted by molar-refractivity contribution is 5.91. The van der Waals surface area contributed by atoms with Gasteiger partial charge in [-0.15, -0.1) is 0 Å². The molecule has 4 nitrogen and oxygen atoms in total. The number of aliphatic hydroxyl groups excluding tert-OH is 1. The Kier molecular flexibility index (Phi) is 6.66. The summed E-state index contributed by atoms with van der Waals surface area (Å²) in [5.74, 6) is 2.74. The second-order valence-electron chi connectivity index (χ2n) is 11.8. The van der Waals surface area contributed by atoms with Gasteiger partial charge in [-0.3, -0.25) is 9.59 Å². The normalized spacial score (nSPS) is 44.2.